The third-order valence-corrected chi connectivity index (χ3v) is 5.73. The average molecular weight is 389 g/mol. The summed E-state index contributed by atoms with van der Waals surface area (Å²) in [4.78, 5) is 17.9. The number of para-hydroxylation sites is 1. The number of halogens is 1. The Morgan fingerprint density at radius 1 is 1.32 bits per heavy atom. The van der Waals surface area contributed by atoms with Crippen molar-refractivity contribution >= 4 is 56.2 Å². The zero-order chi connectivity index (χ0) is 17.4. The number of thiophene rings is 1. The maximum absolute atomic E-state index is 12.3. The standard InChI is InChI=1S/C17H13ClN4OS2/c1-10-8-14(19-15(23)9-11-4-3-7-24-11)22(21-10)17-20-16-12(18)5-2-6-13(16)25-17/h2-8H,9H2,1H3,(H,19,23). The second-order valence-corrected chi connectivity index (χ2v) is 7.92. The van der Waals surface area contributed by atoms with Crippen molar-refractivity contribution in [2.45, 2.75) is 13.3 Å². The van der Waals surface area contributed by atoms with E-state index >= 15 is 0 Å². The van der Waals surface area contributed by atoms with E-state index < -0.39 is 0 Å². The second-order valence-electron chi connectivity index (χ2n) is 5.47. The Morgan fingerprint density at radius 3 is 2.96 bits per heavy atom. The average Bonchev–Trinajstić information content (AvgIpc) is 3.27. The molecule has 3 heterocycles. The van der Waals surface area contributed by atoms with E-state index in [1.807, 2.05) is 48.7 Å². The van der Waals surface area contributed by atoms with E-state index in [-0.39, 0.29) is 5.91 Å². The highest BCUT2D eigenvalue weighted by atomic mass is 35.5. The van der Waals surface area contributed by atoms with E-state index in [1.54, 1.807) is 16.0 Å². The van der Waals surface area contributed by atoms with Crippen LogP contribution in [-0.4, -0.2) is 20.7 Å². The van der Waals surface area contributed by atoms with Gasteiger partial charge >= 0.3 is 0 Å². The number of carbonyl (C=O) groups is 1. The van der Waals surface area contributed by atoms with Gasteiger partial charge in [-0.15, -0.1) is 11.3 Å². The Morgan fingerprint density at radius 2 is 2.20 bits per heavy atom. The molecule has 1 amide bonds. The summed E-state index contributed by atoms with van der Waals surface area (Å²) in [6.45, 7) is 1.88. The predicted molar refractivity (Wildman–Crippen MR) is 103 cm³/mol. The van der Waals surface area contributed by atoms with Gasteiger partial charge in [0.15, 0.2) is 0 Å². The maximum Gasteiger partial charge on any atom is 0.230 e. The van der Waals surface area contributed by atoms with Crippen molar-refractivity contribution in [2.75, 3.05) is 5.32 Å². The molecular weight excluding hydrogens is 376 g/mol. The molecule has 5 nitrogen and oxygen atoms in total. The van der Waals surface area contributed by atoms with Crippen LogP contribution in [0.4, 0.5) is 5.82 Å². The highest BCUT2D eigenvalue weighted by molar-refractivity contribution is 7.20. The van der Waals surface area contributed by atoms with E-state index in [9.17, 15) is 4.79 Å². The van der Waals surface area contributed by atoms with Gasteiger partial charge in [-0.25, -0.2) is 4.98 Å². The van der Waals surface area contributed by atoms with E-state index in [0.29, 0.717) is 22.4 Å². The summed E-state index contributed by atoms with van der Waals surface area (Å²) in [6, 6.07) is 11.4. The number of hydrogen-bond acceptors (Lipinski definition) is 5. The minimum Gasteiger partial charge on any atom is -0.310 e. The number of aryl methyl sites for hydroxylation is 1. The number of nitrogens with zero attached hydrogens (tertiary/aromatic N) is 3. The van der Waals surface area contributed by atoms with Crippen molar-refractivity contribution in [3.05, 3.63) is 57.4 Å². The SMILES string of the molecule is Cc1cc(NC(=O)Cc2cccs2)n(-c2nc3c(Cl)cccc3s2)n1. The van der Waals surface area contributed by atoms with E-state index in [4.69, 9.17) is 11.6 Å². The Kier molecular flexibility index (Phi) is 4.29. The van der Waals surface area contributed by atoms with Crippen molar-refractivity contribution in [2.24, 2.45) is 0 Å². The van der Waals surface area contributed by atoms with Crippen molar-refractivity contribution in [3.63, 3.8) is 0 Å². The topological polar surface area (TPSA) is 59.8 Å². The fourth-order valence-electron chi connectivity index (χ4n) is 2.49. The molecule has 1 N–H and O–H groups in total. The van der Waals surface area contributed by atoms with Crippen LogP contribution >= 0.6 is 34.3 Å². The van der Waals surface area contributed by atoms with Gasteiger partial charge in [0.05, 0.1) is 21.8 Å². The van der Waals surface area contributed by atoms with Gasteiger partial charge in [0, 0.05) is 10.9 Å². The molecule has 0 atom stereocenters. The van der Waals surface area contributed by atoms with Crippen molar-refractivity contribution in [1.29, 1.82) is 0 Å². The lowest BCUT2D eigenvalue weighted by Gasteiger charge is -2.05. The lowest BCUT2D eigenvalue weighted by atomic mass is 10.3. The van der Waals surface area contributed by atoms with Crippen LogP contribution in [0.5, 0.6) is 0 Å². The van der Waals surface area contributed by atoms with Crippen LogP contribution < -0.4 is 5.32 Å². The molecule has 0 aliphatic rings. The van der Waals surface area contributed by atoms with Gasteiger partial charge in [-0.2, -0.15) is 9.78 Å². The number of fused-ring (bicyclic) bond motifs is 1. The van der Waals surface area contributed by atoms with E-state index in [1.165, 1.54) is 11.3 Å². The number of aromatic nitrogens is 3. The van der Waals surface area contributed by atoms with Gasteiger partial charge in [-0.1, -0.05) is 35.1 Å². The molecule has 0 aliphatic heterocycles. The normalized spacial score (nSPS) is 11.1. The number of nitrogens with one attached hydrogen (secondary N) is 1. The molecule has 0 unspecified atom stereocenters. The van der Waals surface area contributed by atoms with Gasteiger partial charge in [-0.05, 0) is 30.5 Å². The zero-order valence-electron chi connectivity index (χ0n) is 13.2. The van der Waals surface area contributed by atoms with Gasteiger partial charge in [0.1, 0.15) is 11.3 Å². The fraction of sp³-hybridized carbons (Fsp3) is 0.118. The van der Waals surface area contributed by atoms with Crippen molar-refractivity contribution in [3.8, 4) is 5.13 Å². The first-order chi connectivity index (χ1) is 12.1. The Balaban J connectivity index is 1.66. The maximum atomic E-state index is 12.3. The van der Waals surface area contributed by atoms with Crippen LogP contribution in [0.15, 0.2) is 41.8 Å². The van der Waals surface area contributed by atoms with Crippen LogP contribution in [-0.2, 0) is 11.2 Å². The number of rotatable bonds is 4. The van der Waals surface area contributed by atoms with E-state index in [0.717, 1.165) is 20.8 Å². The predicted octanol–water partition coefficient (Wildman–Crippen LogP) is 4.69. The number of benzene rings is 1. The second kappa shape index (κ2) is 6.59. The molecule has 0 aliphatic carbocycles. The summed E-state index contributed by atoms with van der Waals surface area (Å²) < 4.78 is 2.63. The monoisotopic (exact) mass is 388 g/mol. The first-order valence-electron chi connectivity index (χ1n) is 7.54. The van der Waals surface area contributed by atoms with Crippen LogP contribution in [0.25, 0.3) is 15.3 Å². The van der Waals surface area contributed by atoms with Crippen molar-refractivity contribution < 1.29 is 4.79 Å². The van der Waals surface area contributed by atoms with Crippen LogP contribution in [0.3, 0.4) is 0 Å². The molecule has 0 spiro atoms. The zero-order valence-corrected chi connectivity index (χ0v) is 15.6. The first kappa shape index (κ1) is 16.3. The molecule has 0 saturated heterocycles. The van der Waals surface area contributed by atoms with Gasteiger partial charge < -0.3 is 5.32 Å². The van der Waals surface area contributed by atoms with Crippen molar-refractivity contribution in [1.82, 2.24) is 14.8 Å². The third kappa shape index (κ3) is 3.30. The molecule has 1 aromatic carbocycles. The number of anilines is 1. The van der Waals surface area contributed by atoms with Gasteiger partial charge in [0.2, 0.25) is 11.0 Å². The van der Waals surface area contributed by atoms with Crippen LogP contribution in [0.1, 0.15) is 10.6 Å². The van der Waals surface area contributed by atoms with Crippen LogP contribution in [0, 0.1) is 6.92 Å². The highest BCUT2D eigenvalue weighted by Crippen LogP contribution is 2.31. The van der Waals surface area contributed by atoms with E-state index in [2.05, 4.69) is 15.4 Å². The minimum absolute atomic E-state index is 0.0808. The highest BCUT2D eigenvalue weighted by Gasteiger charge is 2.15. The molecular formula is C17H13ClN4OS2. The molecule has 126 valence electrons. The molecule has 0 fully saturated rings. The number of amides is 1. The minimum atomic E-state index is -0.0808. The van der Waals surface area contributed by atoms with Gasteiger partial charge in [-0.3, -0.25) is 4.79 Å². The summed E-state index contributed by atoms with van der Waals surface area (Å²) in [6.07, 6.45) is 0.341. The molecule has 3 aromatic heterocycles. The lowest BCUT2D eigenvalue weighted by Crippen LogP contribution is -2.16. The molecule has 4 rings (SSSR count). The summed E-state index contributed by atoms with van der Waals surface area (Å²) >= 11 is 9.26. The molecule has 0 saturated carbocycles. The molecule has 0 bridgehead atoms. The Hall–Kier alpha value is -2.22. The number of carbonyl (C=O) groups excluding carboxylic acids is 1. The summed E-state index contributed by atoms with van der Waals surface area (Å²) in [5.41, 5.74) is 1.55. The lowest BCUT2D eigenvalue weighted by molar-refractivity contribution is -0.115. The van der Waals surface area contributed by atoms with Gasteiger partial charge in [0.25, 0.3) is 0 Å². The molecule has 4 aromatic rings. The third-order valence-electron chi connectivity index (χ3n) is 3.55. The largest absolute Gasteiger partial charge is 0.310 e. The first-order valence-corrected chi connectivity index (χ1v) is 9.62. The number of hydrogen-bond donors (Lipinski definition) is 1. The molecule has 8 heteroatoms. The summed E-state index contributed by atoms with van der Waals surface area (Å²) in [5, 5.41) is 10.6. The van der Waals surface area contributed by atoms with Crippen LogP contribution in [0.2, 0.25) is 5.02 Å². The number of thiazole rings is 1. The summed E-state index contributed by atoms with van der Waals surface area (Å²) in [7, 11) is 0. The smallest absolute Gasteiger partial charge is 0.230 e. The molecule has 25 heavy (non-hydrogen) atoms. The molecule has 0 radical (unpaired) electrons. The summed E-state index contributed by atoms with van der Waals surface area (Å²) in [5.74, 6) is 0.525. The Bertz CT molecular complexity index is 1050. The quantitative estimate of drug-likeness (QED) is 0.551. The fourth-order valence-corrected chi connectivity index (χ4v) is 4.42. The Labute approximate surface area is 156 Å².